The van der Waals surface area contributed by atoms with Gasteiger partial charge in [-0.05, 0) is 63.8 Å². The Morgan fingerprint density at radius 1 is 1.06 bits per heavy atom. The van der Waals surface area contributed by atoms with Crippen LogP contribution in [-0.2, 0) is 11.8 Å². The number of aromatic nitrogens is 3. The van der Waals surface area contributed by atoms with E-state index in [-0.39, 0.29) is 12.1 Å². The van der Waals surface area contributed by atoms with Gasteiger partial charge in [0, 0.05) is 68.4 Å². The minimum absolute atomic E-state index is 0.217. The summed E-state index contributed by atoms with van der Waals surface area (Å²) in [5, 5.41) is 4.41. The summed E-state index contributed by atoms with van der Waals surface area (Å²) < 4.78 is 9.91. The maximum absolute atomic E-state index is 12.5. The molecule has 34 heavy (non-hydrogen) atoms. The lowest BCUT2D eigenvalue weighted by atomic mass is 9.97. The van der Waals surface area contributed by atoms with Crippen LogP contribution in [0.4, 0.5) is 4.79 Å². The van der Waals surface area contributed by atoms with Crippen LogP contribution in [0.15, 0.2) is 30.6 Å². The van der Waals surface area contributed by atoms with Gasteiger partial charge in [-0.25, -0.2) is 4.79 Å². The number of aryl methyl sites for hydroxylation is 2. The number of nitrogens with zero attached hydrogens (tertiary/aromatic N) is 5. The molecule has 1 fully saturated rings. The number of carbonyl (C=O) groups is 1. The Balaban J connectivity index is 1.65. The first-order valence-corrected chi connectivity index (χ1v) is 12.3. The van der Waals surface area contributed by atoms with Crippen LogP contribution >= 0.6 is 0 Å². The van der Waals surface area contributed by atoms with E-state index in [4.69, 9.17) is 4.74 Å². The molecule has 4 rings (SSSR count). The van der Waals surface area contributed by atoms with E-state index in [1.807, 2.05) is 43.6 Å². The molecule has 3 aromatic heterocycles. The quantitative estimate of drug-likeness (QED) is 0.519. The Morgan fingerprint density at radius 2 is 1.74 bits per heavy atom. The fourth-order valence-corrected chi connectivity index (χ4v) is 5.16. The highest BCUT2D eigenvalue weighted by molar-refractivity contribution is 5.76. The lowest BCUT2D eigenvalue weighted by Crippen LogP contribution is -2.50. The summed E-state index contributed by atoms with van der Waals surface area (Å²) in [4.78, 5) is 16.8. The van der Waals surface area contributed by atoms with Crippen LogP contribution in [0.3, 0.4) is 0 Å². The Labute approximate surface area is 203 Å². The van der Waals surface area contributed by atoms with Crippen LogP contribution in [0.1, 0.15) is 70.3 Å². The van der Waals surface area contributed by atoms with E-state index in [1.54, 1.807) is 0 Å². The van der Waals surface area contributed by atoms with E-state index in [9.17, 15) is 4.79 Å². The van der Waals surface area contributed by atoms with Gasteiger partial charge in [0.05, 0.1) is 5.69 Å². The first kappa shape index (κ1) is 24.3. The Morgan fingerprint density at radius 3 is 2.29 bits per heavy atom. The maximum atomic E-state index is 12.5. The van der Waals surface area contributed by atoms with Gasteiger partial charge in [-0.2, -0.15) is 5.10 Å². The number of pyridine rings is 1. The molecule has 1 amide bonds. The average molecular weight is 466 g/mol. The number of piperazine rings is 1. The van der Waals surface area contributed by atoms with E-state index in [0.29, 0.717) is 19.0 Å². The molecule has 1 unspecified atom stereocenters. The minimum atomic E-state index is -0.470. The number of carbonyl (C=O) groups excluding carboxylic acids is 1. The molecule has 0 bridgehead atoms. The molecule has 4 heterocycles. The summed E-state index contributed by atoms with van der Waals surface area (Å²) in [6, 6.07) is 6.81. The number of ether oxygens (including phenoxy) is 1. The molecule has 0 radical (unpaired) electrons. The van der Waals surface area contributed by atoms with Crippen LogP contribution < -0.4 is 0 Å². The summed E-state index contributed by atoms with van der Waals surface area (Å²) in [6.07, 6.45) is 3.93. The zero-order chi connectivity index (χ0) is 24.8. The molecule has 7 nitrogen and oxygen atoms in total. The molecule has 1 aliphatic rings. The lowest BCUT2D eigenvalue weighted by Gasteiger charge is -2.39. The van der Waals surface area contributed by atoms with Gasteiger partial charge < -0.3 is 14.0 Å². The molecule has 0 N–H and O–H groups in total. The van der Waals surface area contributed by atoms with Crippen molar-refractivity contribution in [2.75, 3.05) is 26.2 Å². The molecule has 0 spiro atoms. The third kappa shape index (κ3) is 4.58. The fraction of sp³-hybridized carbons (Fsp3) is 0.556. The molecule has 184 valence electrons. The molecule has 0 aromatic carbocycles. The van der Waals surface area contributed by atoms with E-state index < -0.39 is 5.60 Å². The molecule has 1 saturated heterocycles. The summed E-state index contributed by atoms with van der Waals surface area (Å²) >= 11 is 0. The van der Waals surface area contributed by atoms with Crippen LogP contribution in [0.2, 0.25) is 0 Å². The van der Waals surface area contributed by atoms with E-state index >= 15 is 0 Å². The van der Waals surface area contributed by atoms with Crippen molar-refractivity contribution in [2.45, 2.75) is 66.0 Å². The van der Waals surface area contributed by atoms with Gasteiger partial charge in [0.2, 0.25) is 0 Å². The third-order valence-electron chi connectivity index (χ3n) is 6.82. The summed E-state index contributed by atoms with van der Waals surface area (Å²) in [6.45, 7) is 17.7. The zero-order valence-corrected chi connectivity index (χ0v) is 21.9. The number of fused-ring (bicyclic) bond motifs is 1. The van der Waals surface area contributed by atoms with Gasteiger partial charge in [0.25, 0.3) is 0 Å². The minimum Gasteiger partial charge on any atom is -0.444 e. The van der Waals surface area contributed by atoms with Crippen LogP contribution in [0, 0.1) is 6.92 Å². The highest BCUT2D eigenvalue weighted by Gasteiger charge is 2.30. The van der Waals surface area contributed by atoms with Gasteiger partial charge in [0.15, 0.2) is 0 Å². The zero-order valence-electron chi connectivity index (χ0n) is 21.9. The highest BCUT2D eigenvalue weighted by atomic mass is 16.6. The SMILES string of the molecule is Cc1ccc2c(C(C)C)c(-c3ccnn3C)cn2c1C(C)N1CCN(C(=O)OC(C)(C)C)CC1. The molecular formula is C27H39N5O2. The van der Waals surface area contributed by atoms with Crippen molar-refractivity contribution in [2.24, 2.45) is 7.05 Å². The van der Waals surface area contributed by atoms with Crippen LogP contribution in [0.5, 0.6) is 0 Å². The van der Waals surface area contributed by atoms with Gasteiger partial charge >= 0.3 is 6.09 Å². The smallest absolute Gasteiger partial charge is 0.410 e. The molecule has 1 atom stereocenters. The van der Waals surface area contributed by atoms with Crippen molar-refractivity contribution >= 4 is 11.6 Å². The van der Waals surface area contributed by atoms with Crippen molar-refractivity contribution in [3.8, 4) is 11.3 Å². The van der Waals surface area contributed by atoms with Crippen molar-refractivity contribution in [1.82, 2.24) is 24.0 Å². The van der Waals surface area contributed by atoms with Gasteiger partial charge in [-0.3, -0.25) is 9.58 Å². The monoisotopic (exact) mass is 465 g/mol. The summed E-state index contributed by atoms with van der Waals surface area (Å²) in [5.74, 6) is 0.387. The van der Waals surface area contributed by atoms with Crippen molar-refractivity contribution < 1.29 is 9.53 Å². The molecule has 0 aliphatic carbocycles. The Kier molecular flexibility index (Phi) is 6.51. The number of hydrogen-bond donors (Lipinski definition) is 0. The molecule has 1 aliphatic heterocycles. The van der Waals surface area contributed by atoms with Crippen molar-refractivity contribution in [3.05, 3.63) is 47.4 Å². The predicted octanol–water partition coefficient (Wildman–Crippen LogP) is 5.39. The standard InChI is InChI=1S/C27H39N5O2/c1-18(2)24-21(22-11-12-28-29(22)8)17-32-23(24)10-9-19(3)25(32)20(4)30-13-15-31(16-14-30)26(33)34-27(5,6)7/h9-12,17-18,20H,13-16H2,1-8H3. The van der Waals surface area contributed by atoms with Crippen molar-refractivity contribution in [3.63, 3.8) is 0 Å². The van der Waals surface area contributed by atoms with Gasteiger partial charge in [-0.15, -0.1) is 0 Å². The van der Waals surface area contributed by atoms with Crippen molar-refractivity contribution in [1.29, 1.82) is 0 Å². The highest BCUT2D eigenvalue weighted by Crippen LogP contribution is 2.37. The predicted molar refractivity (Wildman–Crippen MR) is 136 cm³/mol. The first-order chi connectivity index (χ1) is 16.0. The van der Waals surface area contributed by atoms with Gasteiger partial charge in [0.1, 0.15) is 5.60 Å². The molecule has 0 saturated carbocycles. The first-order valence-electron chi connectivity index (χ1n) is 12.3. The van der Waals surface area contributed by atoms with Gasteiger partial charge in [-0.1, -0.05) is 19.9 Å². The normalized spacial score (nSPS) is 16.4. The third-order valence-corrected chi connectivity index (χ3v) is 6.82. The summed E-state index contributed by atoms with van der Waals surface area (Å²) in [5.41, 5.74) is 7.09. The van der Waals surface area contributed by atoms with E-state index in [0.717, 1.165) is 18.8 Å². The second-order valence-electron chi connectivity index (χ2n) is 10.8. The number of rotatable bonds is 4. The Hall–Kier alpha value is -2.80. The molecule has 3 aromatic rings. The topological polar surface area (TPSA) is 55.0 Å². The van der Waals surface area contributed by atoms with Crippen LogP contribution in [0.25, 0.3) is 16.8 Å². The average Bonchev–Trinajstić information content (AvgIpc) is 3.35. The lowest BCUT2D eigenvalue weighted by molar-refractivity contribution is 0.0108. The largest absolute Gasteiger partial charge is 0.444 e. The second-order valence-corrected chi connectivity index (χ2v) is 10.8. The summed E-state index contributed by atoms with van der Waals surface area (Å²) in [7, 11) is 2.00. The van der Waals surface area contributed by atoms with E-state index in [2.05, 4.69) is 66.5 Å². The maximum Gasteiger partial charge on any atom is 0.410 e. The van der Waals surface area contributed by atoms with E-state index in [1.165, 1.54) is 27.9 Å². The fourth-order valence-electron chi connectivity index (χ4n) is 5.16. The number of hydrogen-bond acceptors (Lipinski definition) is 4. The second kappa shape index (κ2) is 9.10. The Bertz CT molecular complexity index is 1180. The van der Waals surface area contributed by atoms with Crippen LogP contribution in [-0.4, -0.2) is 61.9 Å². The number of amides is 1. The molecule has 7 heteroatoms. The molecular weight excluding hydrogens is 426 g/mol.